The van der Waals surface area contributed by atoms with E-state index in [1.807, 2.05) is 0 Å². The highest BCUT2D eigenvalue weighted by Crippen LogP contribution is 2.48. The van der Waals surface area contributed by atoms with Crippen LogP contribution in [0.4, 0.5) is 0 Å². The molecule has 2 heterocycles. The molecule has 1 aromatic carbocycles. The van der Waals surface area contributed by atoms with Crippen molar-refractivity contribution in [1.82, 2.24) is 20.5 Å². The highest BCUT2D eigenvalue weighted by molar-refractivity contribution is 7.09. The summed E-state index contributed by atoms with van der Waals surface area (Å²) in [4.78, 5) is 12.1. The number of aliphatic imine (C=N–C) groups is 1. The number of hydrogen-bond acceptors (Lipinski definition) is 4. The molecule has 4 rings (SSSR count). The van der Waals surface area contributed by atoms with Crippen LogP contribution in [0, 0.1) is 12.8 Å². The van der Waals surface area contributed by atoms with Gasteiger partial charge in [-0.1, -0.05) is 30.3 Å². The van der Waals surface area contributed by atoms with Gasteiger partial charge in [0.15, 0.2) is 5.96 Å². The van der Waals surface area contributed by atoms with E-state index >= 15 is 0 Å². The Balaban J connectivity index is 1.24. The number of guanidine groups is 1. The Bertz CT molecular complexity index is 819. The maximum Gasteiger partial charge on any atom is 0.191 e. The molecule has 5 nitrogen and oxygen atoms in total. The number of benzene rings is 1. The Labute approximate surface area is 185 Å². The van der Waals surface area contributed by atoms with Gasteiger partial charge in [-0.2, -0.15) is 0 Å². The van der Waals surface area contributed by atoms with E-state index in [-0.39, 0.29) is 5.41 Å². The van der Waals surface area contributed by atoms with Crippen molar-refractivity contribution in [2.75, 3.05) is 32.7 Å². The number of aromatic nitrogens is 1. The third-order valence-electron chi connectivity index (χ3n) is 6.44. The van der Waals surface area contributed by atoms with Crippen molar-refractivity contribution in [3.05, 3.63) is 52.0 Å². The number of likely N-dealkylation sites (tertiary alicyclic amines) is 1. The monoisotopic (exact) mass is 425 g/mol. The molecule has 1 aromatic heterocycles. The van der Waals surface area contributed by atoms with E-state index in [0.29, 0.717) is 5.92 Å². The second-order valence-corrected chi connectivity index (χ2v) is 9.86. The molecular weight excluding hydrogens is 390 g/mol. The molecular formula is C24H35N5S. The largest absolute Gasteiger partial charge is 0.357 e. The third-order valence-corrected chi connectivity index (χ3v) is 7.26. The van der Waals surface area contributed by atoms with E-state index in [9.17, 15) is 0 Å². The minimum Gasteiger partial charge on any atom is -0.357 e. The number of rotatable bonds is 8. The molecule has 0 radical (unpaired) electrons. The van der Waals surface area contributed by atoms with Crippen LogP contribution in [0.1, 0.15) is 48.9 Å². The molecule has 30 heavy (non-hydrogen) atoms. The summed E-state index contributed by atoms with van der Waals surface area (Å²) in [5.41, 5.74) is 2.93. The number of nitrogens with zero attached hydrogens (tertiary/aromatic N) is 3. The molecule has 2 aliphatic rings. The molecule has 0 unspecified atom stereocenters. The zero-order valence-corrected chi connectivity index (χ0v) is 19.2. The van der Waals surface area contributed by atoms with Gasteiger partial charge in [0.05, 0.1) is 17.2 Å². The van der Waals surface area contributed by atoms with E-state index in [1.165, 1.54) is 41.9 Å². The van der Waals surface area contributed by atoms with E-state index in [2.05, 4.69) is 70.1 Å². The molecule has 1 aliphatic heterocycles. The van der Waals surface area contributed by atoms with Crippen LogP contribution in [-0.2, 0) is 12.0 Å². The summed E-state index contributed by atoms with van der Waals surface area (Å²) in [5.74, 6) is 1.69. The zero-order valence-electron chi connectivity index (χ0n) is 18.4. The number of hydrogen-bond donors (Lipinski definition) is 2. The lowest BCUT2D eigenvalue weighted by Crippen LogP contribution is -2.43. The normalized spacial score (nSPS) is 19.6. The number of thiazole rings is 1. The van der Waals surface area contributed by atoms with Gasteiger partial charge in [-0.05, 0) is 64.1 Å². The van der Waals surface area contributed by atoms with E-state index in [4.69, 9.17) is 4.99 Å². The SMILES string of the molecule is CCNC(=NCC1(c2ccccc2)CC1)NCC1CCN(Cc2csc(C)n2)CC1. The summed E-state index contributed by atoms with van der Waals surface area (Å²) in [6.07, 6.45) is 4.97. The van der Waals surface area contributed by atoms with E-state index in [0.717, 1.165) is 45.2 Å². The molecule has 1 saturated heterocycles. The van der Waals surface area contributed by atoms with Crippen molar-refractivity contribution in [2.24, 2.45) is 10.9 Å². The molecule has 0 atom stereocenters. The summed E-state index contributed by atoms with van der Waals surface area (Å²) in [5, 5.41) is 10.4. The quantitative estimate of drug-likeness (QED) is 0.497. The standard InChI is InChI=1S/C24H35N5S/c1-3-25-23(27-18-24(11-12-24)21-7-5-4-6-8-21)26-15-20-9-13-29(14-10-20)16-22-17-30-19(2)28-22/h4-8,17,20H,3,9-16,18H2,1-2H3,(H2,25,26,27). The minimum absolute atomic E-state index is 0.267. The molecule has 1 saturated carbocycles. The molecule has 2 N–H and O–H groups in total. The molecule has 0 spiro atoms. The van der Waals surface area contributed by atoms with Crippen molar-refractivity contribution >= 4 is 17.3 Å². The molecule has 2 aromatic rings. The second-order valence-electron chi connectivity index (χ2n) is 8.80. The Morgan fingerprint density at radius 3 is 2.60 bits per heavy atom. The first-order chi connectivity index (χ1) is 14.7. The van der Waals surface area contributed by atoms with Crippen molar-refractivity contribution in [3.8, 4) is 0 Å². The van der Waals surface area contributed by atoms with Crippen LogP contribution in [-0.4, -0.2) is 48.6 Å². The summed E-state index contributed by atoms with van der Waals surface area (Å²) < 4.78 is 0. The van der Waals surface area contributed by atoms with Crippen LogP contribution in [0.15, 0.2) is 40.7 Å². The van der Waals surface area contributed by atoms with Crippen LogP contribution in [0.3, 0.4) is 0 Å². The van der Waals surface area contributed by atoms with Crippen molar-refractivity contribution < 1.29 is 0 Å². The summed E-state index contributed by atoms with van der Waals surface area (Å²) in [7, 11) is 0. The fraction of sp³-hybridized carbons (Fsp3) is 0.583. The van der Waals surface area contributed by atoms with Gasteiger partial charge in [-0.3, -0.25) is 9.89 Å². The first-order valence-corrected chi connectivity index (χ1v) is 12.3. The van der Waals surface area contributed by atoms with Crippen LogP contribution in [0.2, 0.25) is 0 Å². The van der Waals surface area contributed by atoms with E-state index in [1.54, 1.807) is 11.3 Å². The number of aryl methyl sites for hydroxylation is 1. The summed E-state index contributed by atoms with van der Waals surface area (Å²) >= 11 is 1.75. The summed E-state index contributed by atoms with van der Waals surface area (Å²) in [6.45, 7) is 10.3. The molecule has 2 fully saturated rings. The molecule has 162 valence electrons. The first kappa shape index (κ1) is 21.3. The maximum atomic E-state index is 4.96. The topological polar surface area (TPSA) is 52.6 Å². The zero-order chi connectivity index (χ0) is 20.8. The van der Waals surface area contributed by atoms with Crippen LogP contribution < -0.4 is 10.6 Å². The Morgan fingerprint density at radius 2 is 1.97 bits per heavy atom. The molecule has 0 amide bonds. The lowest BCUT2D eigenvalue weighted by molar-refractivity contribution is 0.176. The van der Waals surface area contributed by atoms with Crippen LogP contribution in [0.25, 0.3) is 0 Å². The smallest absolute Gasteiger partial charge is 0.191 e. The average molecular weight is 426 g/mol. The molecule has 0 bridgehead atoms. The van der Waals surface area contributed by atoms with Gasteiger partial charge >= 0.3 is 0 Å². The fourth-order valence-corrected chi connectivity index (χ4v) is 4.96. The third kappa shape index (κ3) is 5.61. The average Bonchev–Trinajstić information content (AvgIpc) is 3.46. The van der Waals surface area contributed by atoms with Gasteiger partial charge in [0.2, 0.25) is 0 Å². The van der Waals surface area contributed by atoms with Crippen LogP contribution >= 0.6 is 11.3 Å². The van der Waals surface area contributed by atoms with Gasteiger partial charge in [0, 0.05) is 30.4 Å². The Kier molecular flexibility index (Phi) is 7.05. The van der Waals surface area contributed by atoms with Crippen molar-refractivity contribution in [2.45, 2.75) is 51.5 Å². The number of nitrogens with one attached hydrogen (secondary N) is 2. The Morgan fingerprint density at radius 1 is 1.20 bits per heavy atom. The lowest BCUT2D eigenvalue weighted by atomic mass is 9.96. The minimum atomic E-state index is 0.267. The molecule has 6 heteroatoms. The molecule has 1 aliphatic carbocycles. The van der Waals surface area contributed by atoms with Gasteiger partial charge in [-0.25, -0.2) is 4.98 Å². The van der Waals surface area contributed by atoms with Crippen molar-refractivity contribution in [3.63, 3.8) is 0 Å². The highest BCUT2D eigenvalue weighted by atomic mass is 32.1. The highest BCUT2D eigenvalue weighted by Gasteiger charge is 2.44. The predicted molar refractivity (Wildman–Crippen MR) is 126 cm³/mol. The fourth-order valence-electron chi connectivity index (χ4n) is 4.35. The second kappa shape index (κ2) is 9.92. The summed E-state index contributed by atoms with van der Waals surface area (Å²) in [6, 6.07) is 10.9. The lowest BCUT2D eigenvalue weighted by Gasteiger charge is -2.31. The van der Waals surface area contributed by atoms with Crippen molar-refractivity contribution in [1.29, 1.82) is 0 Å². The van der Waals surface area contributed by atoms with Gasteiger partial charge in [-0.15, -0.1) is 11.3 Å². The van der Waals surface area contributed by atoms with E-state index < -0.39 is 0 Å². The van der Waals surface area contributed by atoms with Gasteiger partial charge < -0.3 is 10.6 Å². The predicted octanol–water partition coefficient (Wildman–Crippen LogP) is 3.95. The number of piperidine rings is 1. The Hall–Kier alpha value is -1.92. The maximum absolute atomic E-state index is 4.96. The van der Waals surface area contributed by atoms with Gasteiger partial charge in [0.25, 0.3) is 0 Å². The van der Waals surface area contributed by atoms with Gasteiger partial charge in [0.1, 0.15) is 0 Å². The first-order valence-electron chi connectivity index (χ1n) is 11.4. The van der Waals surface area contributed by atoms with Crippen LogP contribution in [0.5, 0.6) is 0 Å².